The molecule has 0 saturated heterocycles. The van der Waals surface area contributed by atoms with Crippen LogP contribution in [0.2, 0.25) is 0 Å². The van der Waals surface area contributed by atoms with Crippen LogP contribution in [0.5, 0.6) is 0 Å². The average Bonchev–Trinajstić information content (AvgIpc) is 2.83. The lowest BCUT2D eigenvalue weighted by atomic mass is 10.2. The molecule has 7 nitrogen and oxygen atoms in total. The van der Waals surface area contributed by atoms with E-state index in [-0.39, 0.29) is 4.90 Å². The van der Waals surface area contributed by atoms with Crippen LogP contribution < -0.4 is 11.1 Å². The first-order valence-corrected chi connectivity index (χ1v) is 7.73. The Bertz CT molecular complexity index is 738. The predicted octanol–water partition coefficient (Wildman–Crippen LogP) is 1.43. The van der Waals surface area contributed by atoms with Gasteiger partial charge < -0.3 is 15.6 Å². The maximum atomic E-state index is 12.1. The first kappa shape index (κ1) is 15.3. The quantitative estimate of drug-likeness (QED) is 0.810. The van der Waals surface area contributed by atoms with Gasteiger partial charge in [-0.05, 0) is 25.1 Å². The van der Waals surface area contributed by atoms with Gasteiger partial charge in [0.25, 0.3) is 0 Å². The molecular formula is C13H18N4O3S. The van der Waals surface area contributed by atoms with Crippen molar-refractivity contribution in [1.29, 1.82) is 0 Å². The van der Waals surface area contributed by atoms with Gasteiger partial charge in [0.1, 0.15) is 11.5 Å². The maximum absolute atomic E-state index is 12.1. The van der Waals surface area contributed by atoms with Crippen LogP contribution in [0.4, 0.5) is 11.4 Å². The van der Waals surface area contributed by atoms with Gasteiger partial charge in [0, 0.05) is 20.2 Å². The van der Waals surface area contributed by atoms with Gasteiger partial charge in [-0.3, -0.25) is 0 Å². The number of aryl methyl sites for hydroxylation is 1. The van der Waals surface area contributed by atoms with E-state index >= 15 is 0 Å². The molecule has 1 aromatic heterocycles. The zero-order valence-electron chi connectivity index (χ0n) is 12.1. The molecule has 21 heavy (non-hydrogen) atoms. The summed E-state index contributed by atoms with van der Waals surface area (Å²) in [6.07, 6.45) is 0. The zero-order valence-corrected chi connectivity index (χ0v) is 12.9. The smallest absolute Gasteiger partial charge is 0.242 e. The number of aromatic nitrogens is 1. The summed E-state index contributed by atoms with van der Waals surface area (Å²) in [5.74, 6) is 0.712. The molecule has 1 aromatic carbocycles. The highest BCUT2D eigenvalue weighted by Crippen LogP contribution is 2.24. The number of nitrogens with zero attached hydrogens (tertiary/aromatic N) is 2. The lowest BCUT2D eigenvalue weighted by Gasteiger charge is -2.14. The van der Waals surface area contributed by atoms with Crippen LogP contribution >= 0.6 is 0 Å². The van der Waals surface area contributed by atoms with Crippen LogP contribution in [0.1, 0.15) is 11.5 Å². The Balaban J connectivity index is 2.24. The van der Waals surface area contributed by atoms with E-state index in [2.05, 4.69) is 10.5 Å². The molecule has 2 aromatic rings. The van der Waals surface area contributed by atoms with Gasteiger partial charge >= 0.3 is 0 Å². The fourth-order valence-electron chi connectivity index (χ4n) is 1.75. The van der Waals surface area contributed by atoms with Gasteiger partial charge in [-0.15, -0.1) is 0 Å². The molecular weight excluding hydrogens is 292 g/mol. The molecule has 114 valence electrons. The predicted molar refractivity (Wildman–Crippen MR) is 80.3 cm³/mol. The normalized spacial score (nSPS) is 11.8. The van der Waals surface area contributed by atoms with Crippen molar-refractivity contribution in [1.82, 2.24) is 9.46 Å². The molecule has 0 spiro atoms. The summed E-state index contributed by atoms with van der Waals surface area (Å²) >= 11 is 0. The molecule has 0 fully saturated rings. The number of nitrogen functional groups attached to an aromatic ring is 1. The Morgan fingerprint density at radius 1 is 1.33 bits per heavy atom. The largest absolute Gasteiger partial charge is 0.397 e. The molecule has 0 amide bonds. The standard InChI is InChI=1S/C13H18N4O3S/c1-9-6-10(16-20-9)8-15-13-7-11(4-5-12(13)14)21(18,19)17(2)3/h4-7,15H,8,14H2,1-3H3. The van der Waals surface area contributed by atoms with E-state index < -0.39 is 10.0 Å². The van der Waals surface area contributed by atoms with Crippen LogP contribution in [0.25, 0.3) is 0 Å². The SMILES string of the molecule is Cc1cc(CNc2cc(S(=O)(=O)N(C)C)ccc2N)no1. The molecule has 0 aliphatic heterocycles. The van der Waals surface area contributed by atoms with Gasteiger partial charge in [-0.1, -0.05) is 5.16 Å². The third-order valence-corrected chi connectivity index (χ3v) is 4.75. The Kier molecular flexibility index (Phi) is 4.19. The van der Waals surface area contributed by atoms with Gasteiger partial charge in [-0.2, -0.15) is 0 Å². The Morgan fingerprint density at radius 3 is 2.62 bits per heavy atom. The van der Waals surface area contributed by atoms with Crippen LogP contribution in [-0.2, 0) is 16.6 Å². The highest BCUT2D eigenvalue weighted by molar-refractivity contribution is 7.89. The molecule has 0 bridgehead atoms. The van der Waals surface area contributed by atoms with Crippen molar-refractivity contribution in [2.45, 2.75) is 18.4 Å². The van der Waals surface area contributed by atoms with Crippen molar-refractivity contribution >= 4 is 21.4 Å². The van der Waals surface area contributed by atoms with Gasteiger partial charge in [0.2, 0.25) is 10.0 Å². The van der Waals surface area contributed by atoms with Crippen LogP contribution in [0.15, 0.2) is 33.7 Å². The second-order valence-electron chi connectivity index (χ2n) is 4.82. The van der Waals surface area contributed by atoms with Crippen molar-refractivity contribution in [3.8, 4) is 0 Å². The zero-order chi connectivity index (χ0) is 15.6. The molecule has 0 radical (unpaired) electrons. The highest BCUT2D eigenvalue weighted by Gasteiger charge is 2.18. The Morgan fingerprint density at radius 2 is 2.05 bits per heavy atom. The van der Waals surface area contributed by atoms with E-state index in [1.165, 1.54) is 26.2 Å². The van der Waals surface area contributed by atoms with Crippen molar-refractivity contribution < 1.29 is 12.9 Å². The first-order chi connectivity index (χ1) is 9.80. The highest BCUT2D eigenvalue weighted by atomic mass is 32.2. The number of nitrogens with two attached hydrogens (primary N) is 1. The van der Waals surface area contributed by atoms with E-state index in [0.717, 1.165) is 4.31 Å². The average molecular weight is 310 g/mol. The fourth-order valence-corrected chi connectivity index (χ4v) is 2.68. The number of hydrogen-bond donors (Lipinski definition) is 2. The number of anilines is 2. The maximum Gasteiger partial charge on any atom is 0.242 e. The number of hydrogen-bond acceptors (Lipinski definition) is 6. The van der Waals surface area contributed by atoms with Crippen molar-refractivity contribution in [2.24, 2.45) is 0 Å². The van der Waals surface area contributed by atoms with Crippen molar-refractivity contribution in [3.05, 3.63) is 35.7 Å². The minimum atomic E-state index is -3.49. The third kappa shape index (κ3) is 3.34. The second kappa shape index (κ2) is 5.74. The summed E-state index contributed by atoms with van der Waals surface area (Å²) in [7, 11) is -0.525. The van der Waals surface area contributed by atoms with E-state index in [1.807, 2.05) is 0 Å². The third-order valence-electron chi connectivity index (χ3n) is 2.94. The fraction of sp³-hybridized carbons (Fsp3) is 0.308. The van der Waals surface area contributed by atoms with E-state index in [4.69, 9.17) is 10.3 Å². The van der Waals surface area contributed by atoms with Gasteiger partial charge in [0.15, 0.2) is 0 Å². The summed E-state index contributed by atoms with van der Waals surface area (Å²) in [5.41, 5.74) is 7.58. The number of nitrogens with one attached hydrogen (secondary N) is 1. The number of benzene rings is 1. The molecule has 3 N–H and O–H groups in total. The Labute approximate surface area is 123 Å². The first-order valence-electron chi connectivity index (χ1n) is 6.29. The van der Waals surface area contributed by atoms with Crippen LogP contribution in [0.3, 0.4) is 0 Å². The molecule has 2 rings (SSSR count). The summed E-state index contributed by atoms with van der Waals surface area (Å²) < 4.78 is 30.3. The molecule has 0 atom stereocenters. The summed E-state index contributed by atoms with van der Waals surface area (Å²) in [6, 6.07) is 6.35. The van der Waals surface area contributed by atoms with Crippen molar-refractivity contribution in [3.63, 3.8) is 0 Å². The lowest BCUT2D eigenvalue weighted by Crippen LogP contribution is -2.22. The number of sulfonamides is 1. The lowest BCUT2D eigenvalue weighted by molar-refractivity contribution is 0.391. The van der Waals surface area contributed by atoms with E-state index in [9.17, 15) is 8.42 Å². The van der Waals surface area contributed by atoms with E-state index in [0.29, 0.717) is 29.4 Å². The van der Waals surface area contributed by atoms with Gasteiger partial charge in [-0.25, -0.2) is 12.7 Å². The molecule has 8 heteroatoms. The van der Waals surface area contributed by atoms with Crippen molar-refractivity contribution in [2.75, 3.05) is 25.1 Å². The summed E-state index contributed by atoms with van der Waals surface area (Å²) in [5, 5.41) is 6.92. The second-order valence-corrected chi connectivity index (χ2v) is 6.97. The van der Waals surface area contributed by atoms with Crippen LogP contribution in [0, 0.1) is 6.92 Å². The minimum Gasteiger partial charge on any atom is -0.397 e. The monoisotopic (exact) mass is 310 g/mol. The minimum absolute atomic E-state index is 0.181. The van der Waals surface area contributed by atoms with Gasteiger partial charge in [0.05, 0.1) is 22.8 Å². The molecule has 0 aliphatic carbocycles. The van der Waals surface area contributed by atoms with E-state index in [1.54, 1.807) is 19.1 Å². The molecule has 0 saturated carbocycles. The Hall–Kier alpha value is -2.06. The molecule has 0 aliphatic rings. The summed E-state index contributed by atoms with van der Waals surface area (Å²) in [4.78, 5) is 0.181. The summed E-state index contributed by atoms with van der Waals surface area (Å²) in [6.45, 7) is 2.20. The molecule has 0 unspecified atom stereocenters. The topological polar surface area (TPSA) is 101 Å². The molecule has 1 heterocycles. The van der Waals surface area contributed by atoms with Crippen LogP contribution in [-0.4, -0.2) is 32.0 Å². The number of rotatable bonds is 5.